The molecule has 0 aliphatic carbocycles. The Bertz CT molecular complexity index is 426. The quantitative estimate of drug-likeness (QED) is 0.845. The summed E-state index contributed by atoms with van der Waals surface area (Å²) in [6.45, 7) is 6.96. The van der Waals surface area contributed by atoms with Crippen LogP contribution in [0.3, 0.4) is 0 Å². The Labute approximate surface area is 146 Å². The highest BCUT2D eigenvalue weighted by Gasteiger charge is 2.35. The van der Waals surface area contributed by atoms with Gasteiger partial charge in [0.25, 0.3) is 0 Å². The molecule has 0 spiro atoms. The van der Waals surface area contributed by atoms with Gasteiger partial charge >= 0.3 is 0 Å². The van der Waals surface area contributed by atoms with Crippen molar-refractivity contribution in [1.29, 1.82) is 0 Å². The van der Waals surface area contributed by atoms with Crippen LogP contribution in [0.2, 0.25) is 0 Å². The Kier molecular flexibility index (Phi) is 5.40. The number of piperidine rings is 2. The van der Waals surface area contributed by atoms with Crippen molar-refractivity contribution < 1.29 is 9.53 Å². The minimum absolute atomic E-state index is 0.424. The molecule has 24 heavy (non-hydrogen) atoms. The summed E-state index contributed by atoms with van der Waals surface area (Å²) in [6.07, 6.45) is 8.32. The Morgan fingerprint density at radius 1 is 1.00 bits per heavy atom. The lowest BCUT2D eigenvalue weighted by Crippen LogP contribution is -2.47. The summed E-state index contributed by atoms with van der Waals surface area (Å²) in [5.41, 5.74) is 0. The molecule has 3 unspecified atom stereocenters. The van der Waals surface area contributed by atoms with Crippen molar-refractivity contribution >= 4 is 5.91 Å². The molecule has 4 fully saturated rings. The van der Waals surface area contributed by atoms with Gasteiger partial charge in [-0.25, -0.2) is 0 Å². The standard InChI is InChI=1S/C19H33N3O2/c23-19(12-16-10-17-3-4-18(11-16)20-17)22-5-1-2-15(14-22)13-21-6-8-24-9-7-21/h15-18,20H,1-14H2. The topological polar surface area (TPSA) is 44.8 Å². The lowest BCUT2D eigenvalue weighted by Gasteiger charge is -2.38. The first-order valence-corrected chi connectivity index (χ1v) is 10.1. The number of nitrogens with zero attached hydrogens (tertiary/aromatic N) is 2. The zero-order valence-electron chi connectivity index (χ0n) is 14.9. The van der Waals surface area contributed by atoms with Gasteiger partial charge in [0, 0.05) is 51.2 Å². The molecule has 4 saturated heterocycles. The van der Waals surface area contributed by atoms with E-state index < -0.39 is 0 Å². The number of amides is 1. The van der Waals surface area contributed by atoms with Crippen LogP contribution in [-0.2, 0) is 9.53 Å². The van der Waals surface area contributed by atoms with Crippen LogP contribution in [0.1, 0.15) is 44.9 Å². The number of ether oxygens (including phenoxy) is 1. The van der Waals surface area contributed by atoms with Gasteiger partial charge in [-0.2, -0.15) is 0 Å². The molecule has 2 bridgehead atoms. The van der Waals surface area contributed by atoms with Crippen LogP contribution < -0.4 is 5.32 Å². The van der Waals surface area contributed by atoms with E-state index in [1.54, 1.807) is 0 Å². The van der Waals surface area contributed by atoms with E-state index in [4.69, 9.17) is 4.74 Å². The van der Waals surface area contributed by atoms with Gasteiger partial charge in [-0.15, -0.1) is 0 Å². The van der Waals surface area contributed by atoms with Crippen LogP contribution in [0.15, 0.2) is 0 Å². The van der Waals surface area contributed by atoms with Crippen LogP contribution in [-0.4, -0.2) is 73.7 Å². The fraction of sp³-hybridized carbons (Fsp3) is 0.947. The number of carbonyl (C=O) groups excluding carboxylic acids is 1. The number of nitrogens with one attached hydrogen (secondary N) is 1. The zero-order chi connectivity index (χ0) is 16.4. The third kappa shape index (κ3) is 4.12. The monoisotopic (exact) mass is 335 g/mol. The third-order valence-corrected chi connectivity index (χ3v) is 6.53. The third-order valence-electron chi connectivity index (χ3n) is 6.53. The SMILES string of the molecule is O=C(CC1CC2CCC(C1)N2)N1CCCC(CN2CCOCC2)C1. The second-order valence-electron chi connectivity index (χ2n) is 8.44. The van der Waals surface area contributed by atoms with E-state index in [-0.39, 0.29) is 0 Å². The molecule has 4 aliphatic heterocycles. The molecule has 0 saturated carbocycles. The summed E-state index contributed by atoms with van der Waals surface area (Å²) < 4.78 is 5.44. The normalized spacial score (nSPS) is 37.6. The molecule has 1 amide bonds. The van der Waals surface area contributed by atoms with Crippen molar-refractivity contribution in [2.45, 2.75) is 57.0 Å². The number of carbonyl (C=O) groups is 1. The van der Waals surface area contributed by atoms with Gasteiger partial charge in [-0.05, 0) is 50.4 Å². The molecule has 0 aromatic rings. The highest BCUT2D eigenvalue weighted by molar-refractivity contribution is 5.76. The van der Waals surface area contributed by atoms with E-state index in [1.807, 2.05) is 0 Å². The summed E-state index contributed by atoms with van der Waals surface area (Å²) in [4.78, 5) is 17.5. The lowest BCUT2D eigenvalue weighted by atomic mass is 9.88. The van der Waals surface area contributed by atoms with E-state index in [1.165, 1.54) is 38.5 Å². The van der Waals surface area contributed by atoms with E-state index in [2.05, 4.69) is 15.1 Å². The summed E-state index contributed by atoms with van der Waals surface area (Å²) in [5, 5.41) is 3.68. The highest BCUT2D eigenvalue weighted by Crippen LogP contribution is 2.33. The minimum Gasteiger partial charge on any atom is -0.379 e. The molecular formula is C19H33N3O2. The molecule has 0 radical (unpaired) electrons. The van der Waals surface area contributed by atoms with E-state index >= 15 is 0 Å². The molecule has 1 N–H and O–H groups in total. The number of morpholine rings is 1. The lowest BCUT2D eigenvalue weighted by molar-refractivity contribution is -0.134. The Morgan fingerprint density at radius 2 is 1.75 bits per heavy atom. The van der Waals surface area contributed by atoms with Crippen LogP contribution in [0.25, 0.3) is 0 Å². The molecule has 5 heteroatoms. The molecule has 0 aromatic carbocycles. The Balaban J connectivity index is 1.25. The smallest absolute Gasteiger partial charge is 0.222 e. The fourth-order valence-electron chi connectivity index (χ4n) is 5.31. The molecule has 0 aromatic heterocycles. The zero-order valence-corrected chi connectivity index (χ0v) is 14.9. The van der Waals surface area contributed by atoms with E-state index in [0.29, 0.717) is 29.8 Å². The van der Waals surface area contributed by atoms with Gasteiger partial charge in [0.1, 0.15) is 0 Å². The number of fused-ring (bicyclic) bond motifs is 2. The van der Waals surface area contributed by atoms with Crippen molar-refractivity contribution in [3.63, 3.8) is 0 Å². The number of rotatable bonds is 4. The largest absolute Gasteiger partial charge is 0.379 e. The number of hydrogen-bond acceptors (Lipinski definition) is 4. The molecule has 5 nitrogen and oxygen atoms in total. The second kappa shape index (κ2) is 7.71. The van der Waals surface area contributed by atoms with Crippen LogP contribution in [0, 0.1) is 11.8 Å². The first kappa shape index (κ1) is 16.8. The van der Waals surface area contributed by atoms with Crippen LogP contribution in [0.5, 0.6) is 0 Å². The molecule has 3 atom stereocenters. The summed E-state index contributed by atoms with van der Waals surface area (Å²) in [6, 6.07) is 1.38. The second-order valence-corrected chi connectivity index (χ2v) is 8.44. The molecule has 4 rings (SSSR count). The Hall–Kier alpha value is -0.650. The van der Waals surface area contributed by atoms with Crippen LogP contribution in [0.4, 0.5) is 0 Å². The van der Waals surface area contributed by atoms with Crippen LogP contribution >= 0.6 is 0 Å². The number of hydrogen-bond donors (Lipinski definition) is 1. The predicted octanol–water partition coefficient (Wildman–Crippen LogP) is 1.48. The minimum atomic E-state index is 0.424. The van der Waals surface area contributed by atoms with Crippen molar-refractivity contribution in [3.8, 4) is 0 Å². The van der Waals surface area contributed by atoms with Gasteiger partial charge in [0.15, 0.2) is 0 Å². The van der Waals surface area contributed by atoms with Gasteiger partial charge in [0.2, 0.25) is 5.91 Å². The summed E-state index contributed by atoms with van der Waals surface area (Å²) in [5.74, 6) is 1.70. The molecular weight excluding hydrogens is 302 g/mol. The van der Waals surface area contributed by atoms with Crippen molar-refractivity contribution in [2.24, 2.45) is 11.8 Å². The maximum atomic E-state index is 12.8. The highest BCUT2D eigenvalue weighted by atomic mass is 16.5. The van der Waals surface area contributed by atoms with Crippen molar-refractivity contribution in [2.75, 3.05) is 45.9 Å². The van der Waals surface area contributed by atoms with Gasteiger partial charge < -0.3 is 15.0 Å². The maximum Gasteiger partial charge on any atom is 0.222 e. The molecule has 136 valence electrons. The Morgan fingerprint density at radius 3 is 2.50 bits per heavy atom. The first-order valence-electron chi connectivity index (χ1n) is 10.1. The van der Waals surface area contributed by atoms with Crippen molar-refractivity contribution in [3.05, 3.63) is 0 Å². The molecule has 4 heterocycles. The predicted molar refractivity (Wildman–Crippen MR) is 93.8 cm³/mol. The van der Waals surface area contributed by atoms with Gasteiger partial charge in [-0.1, -0.05) is 0 Å². The van der Waals surface area contributed by atoms with Gasteiger partial charge in [-0.3, -0.25) is 9.69 Å². The van der Waals surface area contributed by atoms with E-state index in [9.17, 15) is 4.79 Å². The fourth-order valence-corrected chi connectivity index (χ4v) is 5.31. The maximum absolute atomic E-state index is 12.8. The van der Waals surface area contributed by atoms with E-state index in [0.717, 1.165) is 52.4 Å². The average Bonchev–Trinajstić information content (AvgIpc) is 2.94. The molecule has 4 aliphatic rings. The first-order chi connectivity index (χ1) is 11.8. The van der Waals surface area contributed by atoms with Crippen molar-refractivity contribution in [1.82, 2.24) is 15.1 Å². The summed E-state index contributed by atoms with van der Waals surface area (Å²) >= 11 is 0. The number of likely N-dealkylation sites (tertiary alicyclic amines) is 1. The summed E-state index contributed by atoms with van der Waals surface area (Å²) in [7, 11) is 0. The van der Waals surface area contributed by atoms with Gasteiger partial charge in [0.05, 0.1) is 13.2 Å². The average molecular weight is 335 g/mol.